The molecule has 126 valence electrons. The van der Waals surface area contributed by atoms with Gasteiger partial charge in [0.1, 0.15) is 6.61 Å². The minimum atomic E-state index is -0.0902. The minimum Gasteiger partial charge on any atom is -0.493 e. The van der Waals surface area contributed by atoms with Crippen LogP contribution in [0, 0.1) is 6.92 Å². The normalized spacial score (nSPS) is 16.8. The number of hydrogen-bond donors (Lipinski definition) is 2. The van der Waals surface area contributed by atoms with E-state index in [4.69, 9.17) is 9.47 Å². The topological polar surface area (TPSA) is 76.2 Å². The summed E-state index contributed by atoms with van der Waals surface area (Å²) >= 11 is 1.54. The lowest BCUT2D eigenvalue weighted by atomic mass is 10.0. The highest BCUT2D eigenvalue weighted by atomic mass is 32.2. The summed E-state index contributed by atoms with van der Waals surface area (Å²) in [7, 11) is 1.61. The van der Waals surface area contributed by atoms with Crippen LogP contribution in [0.25, 0.3) is 0 Å². The number of methoxy groups -OCH3 is 1. The molecule has 24 heavy (non-hydrogen) atoms. The summed E-state index contributed by atoms with van der Waals surface area (Å²) in [5, 5.41) is 9.92. The molecule has 2 N–H and O–H groups in total. The van der Waals surface area contributed by atoms with E-state index in [-0.39, 0.29) is 11.2 Å². The summed E-state index contributed by atoms with van der Waals surface area (Å²) in [4.78, 5) is 12.0. The maximum Gasteiger partial charge on any atom is 0.235 e. The number of H-pyrrole nitrogens is 1. The van der Waals surface area contributed by atoms with Gasteiger partial charge in [0, 0.05) is 16.8 Å². The summed E-state index contributed by atoms with van der Waals surface area (Å²) in [6.07, 6.45) is 1.69. The van der Waals surface area contributed by atoms with E-state index in [9.17, 15) is 4.79 Å². The zero-order valence-corrected chi connectivity index (χ0v) is 14.4. The maximum absolute atomic E-state index is 12.0. The molecule has 1 aliphatic rings. The second-order valence-electron chi connectivity index (χ2n) is 5.33. The van der Waals surface area contributed by atoms with Gasteiger partial charge in [-0.25, -0.2) is 0 Å². The van der Waals surface area contributed by atoms with E-state index in [1.165, 1.54) is 0 Å². The van der Waals surface area contributed by atoms with E-state index >= 15 is 0 Å². The Morgan fingerprint density at radius 3 is 3.08 bits per heavy atom. The molecule has 6 nitrogen and oxygen atoms in total. The summed E-state index contributed by atoms with van der Waals surface area (Å²) < 4.78 is 11.3. The number of rotatable bonds is 5. The molecule has 7 heteroatoms. The number of aromatic nitrogens is 2. The van der Waals surface area contributed by atoms with Crippen LogP contribution in [0.5, 0.6) is 11.5 Å². The number of aromatic amines is 1. The first-order chi connectivity index (χ1) is 11.7. The maximum atomic E-state index is 12.0. The van der Waals surface area contributed by atoms with Crippen molar-refractivity contribution in [3.05, 3.63) is 47.7 Å². The Labute approximate surface area is 144 Å². The molecule has 1 aliphatic heterocycles. The lowest BCUT2D eigenvalue weighted by Gasteiger charge is -2.20. The third-order valence-corrected chi connectivity index (χ3v) is 5.00. The number of para-hydroxylation sites is 1. The predicted molar refractivity (Wildman–Crippen MR) is 94.9 cm³/mol. The molecule has 0 bridgehead atoms. The lowest BCUT2D eigenvalue weighted by Crippen LogP contribution is -2.12. The molecule has 1 aromatic carbocycles. The van der Waals surface area contributed by atoms with Crippen molar-refractivity contribution in [3.63, 3.8) is 0 Å². The molecular formula is C17H19N3O3S. The van der Waals surface area contributed by atoms with Crippen molar-refractivity contribution in [1.29, 1.82) is 0 Å². The molecule has 0 aliphatic carbocycles. The Morgan fingerprint density at radius 1 is 1.50 bits per heavy atom. The molecule has 3 rings (SSSR count). The Bertz CT molecular complexity index is 772. The van der Waals surface area contributed by atoms with E-state index in [1.54, 1.807) is 24.9 Å². The van der Waals surface area contributed by atoms with Crippen molar-refractivity contribution < 1.29 is 14.3 Å². The molecule has 1 atom stereocenters. The van der Waals surface area contributed by atoms with Crippen molar-refractivity contribution in [2.75, 3.05) is 24.8 Å². The summed E-state index contributed by atoms with van der Waals surface area (Å²) in [5.41, 5.74) is 2.83. The van der Waals surface area contributed by atoms with Crippen molar-refractivity contribution in [3.8, 4) is 11.5 Å². The van der Waals surface area contributed by atoms with Crippen LogP contribution in [0.1, 0.15) is 22.1 Å². The van der Waals surface area contributed by atoms with Gasteiger partial charge in [0.05, 0.1) is 18.1 Å². The van der Waals surface area contributed by atoms with Crippen LogP contribution in [0.4, 0.5) is 5.82 Å². The lowest BCUT2D eigenvalue weighted by molar-refractivity contribution is -0.113. The number of benzene rings is 1. The SMILES string of the molecule is C=CCOc1c(OC)cccc1[C@@H]1SCC(=O)Nc2n[nH]c(C)c21. The van der Waals surface area contributed by atoms with Crippen LogP contribution in [0.2, 0.25) is 0 Å². The summed E-state index contributed by atoms with van der Waals surface area (Å²) in [6, 6.07) is 5.77. The van der Waals surface area contributed by atoms with Gasteiger partial charge >= 0.3 is 0 Å². The Morgan fingerprint density at radius 2 is 2.33 bits per heavy atom. The smallest absolute Gasteiger partial charge is 0.235 e. The number of fused-ring (bicyclic) bond motifs is 1. The molecule has 1 amide bonds. The van der Waals surface area contributed by atoms with Crippen LogP contribution in [0.15, 0.2) is 30.9 Å². The number of nitrogens with zero attached hydrogens (tertiary/aromatic N) is 1. The number of anilines is 1. The van der Waals surface area contributed by atoms with Gasteiger partial charge < -0.3 is 14.8 Å². The zero-order chi connectivity index (χ0) is 17.1. The largest absolute Gasteiger partial charge is 0.493 e. The van der Waals surface area contributed by atoms with Gasteiger partial charge in [0.25, 0.3) is 0 Å². The van der Waals surface area contributed by atoms with Gasteiger partial charge in [0.15, 0.2) is 17.3 Å². The van der Waals surface area contributed by atoms with Crippen molar-refractivity contribution >= 4 is 23.5 Å². The van der Waals surface area contributed by atoms with E-state index < -0.39 is 0 Å². The van der Waals surface area contributed by atoms with Gasteiger partial charge in [0.2, 0.25) is 5.91 Å². The highest BCUT2D eigenvalue weighted by Crippen LogP contribution is 2.47. The molecule has 0 fully saturated rings. The van der Waals surface area contributed by atoms with Crippen LogP contribution in [-0.4, -0.2) is 35.6 Å². The van der Waals surface area contributed by atoms with Crippen molar-refractivity contribution in [1.82, 2.24) is 10.2 Å². The average molecular weight is 345 g/mol. The predicted octanol–water partition coefficient (Wildman–Crippen LogP) is 3.07. The first kappa shape index (κ1) is 16.4. The van der Waals surface area contributed by atoms with Crippen LogP contribution in [0.3, 0.4) is 0 Å². The van der Waals surface area contributed by atoms with Crippen LogP contribution in [-0.2, 0) is 4.79 Å². The number of amides is 1. The number of aryl methyl sites for hydroxylation is 1. The molecule has 0 unspecified atom stereocenters. The summed E-state index contributed by atoms with van der Waals surface area (Å²) in [6.45, 7) is 6.02. The molecule has 1 aromatic heterocycles. The molecule has 0 spiro atoms. The zero-order valence-electron chi connectivity index (χ0n) is 13.6. The molecule has 0 radical (unpaired) electrons. The van der Waals surface area contributed by atoms with Crippen molar-refractivity contribution in [2.45, 2.75) is 12.2 Å². The van der Waals surface area contributed by atoms with Crippen LogP contribution < -0.4 is 14.8 Å². The third-order valence-electron chi connectivity index (χ3n) is 3.75. The summed E-state index contributed by atoms with van der Waals surface area (Å²) in [5.74, 6) is 2.18. The second-order valence-corrected chi connectivity index (χ2v) is 6.42. The number of carbonyl (C=O) groups is 1. The minimum absolute atomic E-state index is 0.0632. The van der Waals surface area contributed by atoms with Gasteiger partial charge in [-0.05, 0) is 13.0 Å². The highest BCUT2D eigenvalue weighted by molar-refractivity contribution is 8.00. The van der Waals surface area contributed by atoms with Gasteiger partial charge in [-0.2, -0.15) is 5.10 Å². The molecule has 0 saturated heterocycles. The van der Waals surface area contributed by atoms with E-state index in [0.717, 1.165) is 16.8 Å². The average Bonchev–Trinajstić information content (AvgIpc) is 2.85. The Hall–Kier alpha value is -2.41. The first-order valence-corrected chi connectivity index (χ1v) is 8.57. The van der Waals surface area contributed by atoms with Gasteiger partial charge in [-0.15, -0.1) is 11.8 Å². The number of ether oxygens (including phenoxy) is 2. The monoisotopic (exact) mass is 345 g/mol. The van der Waals surface area contributed by atoms with Crippen molar-refractivity contribution in [2.24, 2.45) is 0 Å². The van der Waals surface area contributed by atoms with Crippen LogP contribution >= 0.6 is 11.8 Å². The second kappa shape index (κ2) is 7.00. The quantitative estimate of drug-likeness (QED) is 0.815. The number of nitrogens with one attached hydrogen (secondary N) is 2. The van der Waals surface area contributed by atoms with Gasteiger partial charge in [-0.3, -0.25) is 9.89 Å². The Kier molecular flexibility index (Phi) is 4.80. The highest BCUT2D eigenvalue weighted by Gasteiger charge is 2.31. The standard InChI is InChI=1S/C17H19N3O3S/c1-4-8-23-15-11(6-5-7-12(15)22-3)16-14-10(2)19-20-17(14)18-13(21)9-24-16/h4-7,16H,1,8-9H2,2-3H3,(H2,18,19,20,21)/t16-/m0/s1. The molecule has 2 aromatic rings. The number of carbonyl (C=O) groups excluding carboxylic acids is 1. The first-order valence-electron chi connectivity index (χ1n) is 7.52. The molecular weight excluding hydrogens is 326 g/mol. The fraction of sp³-hybridized carbons (Fsp3) is 0.294. The third kappa shape index (κ3) is 2.99. The molecule has 2 heterocycles. The van der Waals surface area contributed by atoms with E-state index in [0.29, 0.717) is 29.7 Å². The fourth-order valence-corrected chi connectivity index (χ4v) is 3.92. The van der Waals surface area contributed by atoms with E-state index in [2.05, 4.69) is 22.1 Å². The number of thioether (sulfide) groups is 1. The van der Waals surface area contributed by atoms with E-state index in [1.807, 2.05) is 25.1 Å². The fourth-order valence-electron chi connectivity index (χ4n) is 2.71. The number of hydrogen-bond acceptors (Lipinski definition) is 5. The molecule has 0 saturated carbocycles. The van der Waals surface area contributed by atoms with Gasteiger partial charge in [-0.1, -0.05) is 24.8 Å². The Balaban J connectivity index is 2.12.